The number of rotatable bonds is 13. The molecule has 0 fully saturated rings. The second-order valence-corrected chi connectivity index (χ2v) is 7.89. The third-order valence-corrected chi connectivity index (χ3v) is 5.46. The first-order valence-electron chi connectivity index (χ1n) is 11.0. The zero-order valence-electron chi connectivity index (χ0n) is 18.8. The van der Waals surface area contributed by atoms with Gasteiger partial charge in [0.2, 0.25) is 0 Å². The SMILES string of the molecule is Cc1oc2c(C)c3oc(=O)cc(C)c3cc2c1CNCCCOCCCCOCCN. The summed E-state index contributed by atoms with van der Waals surface area (Å²) in [6, 6.07) is 3.61. The van der Waals surface area contributed by atoms with Crippen molar-refractivity contribution in [2.75, 3.05) is 39.5 Å². The van der Waals surface area contributed by atoms with Gasteiger partial charge < -0.3 is 29.4 Å². The number of benzene rings is 1. The number of ether oxygens (including phenoxy) is 2. The molecule has 0 bridgehead atoms. The van der Waals surface area contributed by atoms with Gasteiger partial charge in [-0.2, -0.15) is 0 Å². The molecule has 0 aliphatic heterocycles. The summed E-state index contributed by atoms with van der Waals surface area (Å²) in [7, 11) is 0. The zero-order chi connectivity index (χ0) is 22.2. The second-order valence-electron chi connectivity index (χ2n) is 7.89. The predicted molar refractivity (Wildman–Crippen MR) is 123 cm³/mol. The third-order valence-electron chi connectivity index (χ3n) is 5.46. The normalized spacial score (nSPS) is 11.7. The first-order valence-corrected chi connectivity index (χ1v) is 11.0. The van der Waals surface area contributed by atoms with Crippen molar-refractivity contribution in [2.24, 2.45) is 5.73 Å². The van der Waals surface area contributed by atoms with Crippen LogP contribution >= 0.6 is 0 Å². The van der Waals surface area contributed by atoms with Gasteiger partial charge in [0.05, 0.1) is 6.61 Å². The van der Waals surface area contributed by atoms with E-state index >= 15 is 0 Å². The van der Waals surface area contributed by atoms with Gasteiger partial charge in [-0.25, -0.2) is 4.79 Å². The topological polar surface area (TPSA) is 99.9 Å². The summed E-state index contributed by atoms with van der Waals surface area (Å²) >= 11 is 0. The van der Waals surface area contributed by atoms with Gasteiger partial charge in [-0.3, -0.25) is 0 Å². The lowest BCUT2D eigenvalue weighted by molar-refractivity contribution is 0.105. The number of furan rings is 1. The maximum Gasteiger partial charge on any atom is 0.336 e. The molecule has 0 amide bonds. The summed E-state index contributed by atoms with van der Waals surface area (Å²) in [4.78, 5) is 11.8. The molecule has 2 aromatic heterocycles. The Balaban J connectivity index is 1.50. The molecular weight excluding hydrogens is 396 g/mol. The van der Waals surface area contributed by atoms with Crippen LogP contribution < -0.4 is 16.7 Å². The number of hydrogen-bond donors (Lipinski definition) is 2. The summed E-state index contributed by atoms with van der Waals surface area (Å²) in [6.45, 7) is 10.9. The molecule has 3 rings (SSSR count). The third kappa shape index (κ3) is 5.95. The maximum atomic E-state index is 11.8. The minimum absolute atomic E-state index is 0.334. The number of unbranched alkanes of at least 4 members (excludes halogenated alkanes) is 1. The van der Waals surface area contributed by atoms with E-state index in [4.69, 9.17) is 24.0 Å². The highest BCUT2D eigenvalue weighted by Crippen LogP contribution is 2.34. The highest BCUT2D eigenvalue weighted by Gasteiger charge is 2.17. The lowest BCUT2D eigenvalue weighted by Gasteiger charge is -2.07. The molecule has 0 unspecified atom stereocenters. The quantitative estimate of drug-likeness (QED) is 0.315. The number of nitrogens with two attached hydrogens (primary N) is 1. The van der Waals surface area contributed by atoms with E-state index in [-0.39, 0.29) is 5.63 Å². The van der Waals surface area contributed by atoms with Crippen molar-refractivity contribution in [1.29, 1.82) is 0 Å². The van der Waals surface area contributed by atoms with E-state index in [0.29, 0.717) is 18.7 Å². The van der Waals surface area contributed by atoms with Crippen molar-refractivity contribution < 1.29 is 18.3 Å². The van der Waals surface area contributed by atoms with Crippen LogP contribution in [0.15, 0.2) is 25.8 Å². The smallest absolute Gasteiger partial charge is 0.336 e. The van der Waals surface area contributed by atoms with Gasteiger partial charge in [-0.05, 0) is 58.2 Å². The van der Waals surface area contributed by atoms with Gasteiger partial charge in [0, 0.05) is 60.9 Å². The molecule has 1 aromatic carbocycles. The fourth-order valence-electron chi connectivity index (χ4n) is 3.78. The molecule has 0 aliphatic rings. The lowest BCUT2D eigenvalue weighted by Crippen LogP contribution is -2.17. The van der Waals surface area contributed by atoms with E-state index in [1.165, 1.54) is 6.07 Å². The van der Waals surface area contributed by atoms with Gasteiger partial charge in [0.25, 0.3) is 0 Å². The molecule has 0 spiro atoms. The molecule has 0 atom stereocenters. The fourth-order valence-corrected chi connectivity index (χ4v) is 3.78. The Bertz CT molecular complexity index is 1050. The summed E-state index contributed by atoms with van der Waals surface area (Å²) < 4.78 is 22.5. The van der Waals surface area contributed by atoms with Crippen LogP contribution in [0.1, 0.15) is 41.7 Å². The summed E-state index contributed by atoms with van der Waals surface area (Å²) in [5, 5.41) is 5.51. The van der Waals surface area contributed by atoms with Crippen LogP contribution in [0.3, 0.4) is 0 Å². The van der Waals surface area contributed by atoms with Crippen LogP contribution in [0, 0.1) is 20.8 Å². The van der Waals surface area contributed by atoms with E-state index in [9.17, 15) is 4.79 Å². The molecule has 7 nitrogen and oxygen atoms in total. The van der Waals surface area contributed by atoms with Crippen LogP contribution in [0.4, 0.5) is 0 Å². The highest BCUT2D eigenvalue weighted by molar-refractivity contribution is 5.99. The zero-order valence-corrected chi connectivity index (χ0v) is 18.8. The number of hydrogen-bond acceptors (Lipinski definition) is 7. The molecule has 0 saturated carbocycles. The standard InChI is InChI=1S/C24H34N2O5/c1-16-13-22(27)31-23-17(2)24-20(14-19(16)23)21(18(3)30-24)15-26-8-6-11-28-9-4-5-10-29-12-7-25/h13-14,26H,4-12,15,25H2,1-3H3. The van der Waals surface area contributed by atoms with E-state index in [1.807, 2.05) is 20.8 Å². The molecule has 0 saturated heterocycles. The van der Waals surface area contributed by atoms with Crippen LogP contribution in [0.2, 0.25) is 0 Å². The molecular formula is C24H34N2O5. The van der Waals surface area contributed by atoms with Crippen LogP contribution in [-0.4, -0.2) is 39.5 Å². The Labute approximate surface area is 182 Å². The Morgan fingerprint density at radius 1 is 0.903 bits per heavy atom. The van der Waals surface area contributed by atoms with Gasteiger partial charge in [-0.1, -0.05) is 0 Å². The molecule has 0 aliphatic carbocycles. The van der Waals surface area contributed by atoms with Crippen molar-refractivity contribution >= 4 is 21.9 Å². The first-order chi connectivity index (χ1) is 15.0. The summed E-state index contributed by atoms with van der Waals surface area (Å²) in [6.07, 6.45) is 2.96. The second kappa shape index (κ2) is 11.4. The van der Waals surface area contributed by atoms with Crippen LogP contribution in [0.25, 0.3) is 21.9 Å². The van der Waals surface area contributed by atoms with Crippen molar-refractivity contribution in [3.05, 3.63) is 45.0 Å². The number of fused-ring (bicyclic) bond motifs is 2. The summed E-state index contributed by atoms with van der Waals surface area (Å²) in [5.41, 5.74) is 9.36. The Morgan fingerprint density at radius 3 is 2.32 bits per heavy atom. The molecule has 170 valence electrons. The minimum atomic E-state index is -0.334. The van der Waals surface area contributed by atoms with E-state index in [1.54, 1.807) is 0 Å². The monoisotopic (exact) mass is 430 g/mol. The van der Waals surface area contributed by atoms with Crippen molar-refractivity contribution in [1.82, 2.24) is 5.32 Å². The maximum absolute atomic E-state index is 11.8. The number of aryl methyl sites for hydroxylation is 3. The van der Waals surface area contributed by atoms with Crippen molar-refractivity contribution in [3.63, 3.8) is 0 Å². The fraction of sp³-hybridized carbons (Fsp3) is 0.542. The number of nitrogens with one attached hydrogen (secondary N) is 1. The van der Waals surface area contributed by atoms with Gasteiger partial charge in [-0.15, -0.1) is 0 Å². The average molecular weight is 431 g/mol. The Morgan fingerprint density at radius 2 is 1.58 bits per heavy atom. The average Bonchev–Trinajstić information content (AvgIpc) is 3.05. The van der Waals surface area contributed by atoms with Crippen LogP contribution in [0.5, 0.6) is 0 Å². The van der Waals surface area contributed by atoms with Gasteiger partial charge in [0.15, 0.2) is 0 Å². The van der Waals surface area contributed by atoms with Crippen molar-refractivity contribution in [3.8, 4) is 0 Å². The van der Waals surface area contributed by atoms with Gasteiger partial charge in [0.1, 0.15) is 16.9 Å². The largest absolute Gasteiger partial charge is 0.461 e. The van der Waals surface area contributed by atoms with Crippen LogP contribution in [-0.2, 0) is 16.0 Å². The molecule has 3 aromatic rings. The van der Waals surface area contributed by atoms with Gasteiger partial charge >= 0.3 is 5.63 Å². The highest BCUT2D eigenvalue weighted by atomic mass is 16.5. The first kappa shape index (κ1) is 23.5. The minimum Gasteiger partial charge on any atom is -0.461 e. The molecule has 3 N–H and O–H groups in total. The Hall–Kier alpha value is -2.19. The molecule has 7 heteroatoms. The van der Waals surface area contributed by atoms with Crippen molar-refractivity contribution in [2.45, 2.75) is 46.6 Å². The summed E-state index contributed by atoms with van der Waals surface area (Å²) in [5.74, 6) is 0.883. The molecule has 2 heterocycles. The Kier molecular flexibility index (Phi) is 8.66. The van der Waals surface area contributed by atoms with E-state index in [0.717, 1.165) is 91.0 Å². The predicted octanol–water partition coefficient (Wildman–Crippen LogP) is 3.72. The van der Waals surface area contributed by atoms with E-state index in [2.05, 4.69) is 11.4 Å². The lowest BCUT2D eigenvalue weighted by atomic mass is 10.0. The molecule has 0 radical (unpaired) electrons. The molecule has 31 heavy (non-hydrogen) atoms. The van der Waals surface area contributed by atoms with E-state index < -0.39 is 0 Å².